The highest BCUT2D eigenvalue weighted by atomic mass is 16.5. The Hall–Kier alpha value is -2.22. The highest BCUT2D eigenvalue weighted by molar-refractivity contribution is 5.75. The third-order valence-corrected chi connectivity index (χ3v) is 3.99. The van der Waals surface area contributed by atoms with Crippen LogP contribution in [0, 0.1) is 0 Å². The molecule has 1 heterocycles. The first kappa shape index (κ1) is 12.8. The van der Waals surface area contributed by atoms with Gasteiger partial charge in [-0.15, -0.1) is 0 Å². The smallest absolute Gasteiger partial charge is 0.0882 e. The van der Waals surface area contributed by atoms with Gasteiger partial charge >= 0.3 is 0 Å². The normalized spacial score (nSPS) is 13.6. The predicted molar refractivity (Wildman–Crippen MR) is 83.6 cm³/mol. The predicted octanol–water partition coefficient (Wildman–Crippen LogP) is 4.45. The Labute approximate surface area is 120 Å². The van der Waals surface area contributed by atoms with Crippen LogP contribution >= 0.6 is 0 Å². The van der Waals surface area contributed by atoms with Gasteiger partial charge in [0.25, 0.3) is 0 Å². The van der Waals surface area contributed by atoms with Crippen LogP contribution in [0.15, 0.2) is 61.4 Å². The molecule has 2 heteroatoms. The van der Waals surface area contributed by atoms with E-state index in [2.05, 4.69) is 67.1 Å². The standard InChI is InChI=1S/C18H19NO/c1-3-20-13-12-14-15-8-4-6-10-17(15)19(2)18-11-7-5-9-16(14)18/h3-11,14H,1,12-13H2,2H3. The molecule has 20 heavy (non-hydrogen) atoms. The molecule has 0 atom stereocenters. The van der Waals surface area contributed by atoms with Crippen molar-refractivity contribution in [3.63, 3.8) is 0 Å². The van der Waals surface area contributed by atoms with Crippen molar-refractivity contribution < 1.29 is 4.74 Å². The summed E-state index contributed by atoms with van der Waals surface area (Å²) in [5.74, 6) is 0.388. The molecule has 0 amide bonds. The molecule has 0 unspecified atom stereocenters. The summed E-state index contributed by atoms with van der Waals surface area (Å²) in [4.78, 5) is 2.27. The molecule has 102 valence electrons. The second kappa shape index (κ2) is 5.41. The molecule has 1 aliphatic rings. The Balaban J connectivity index is 2.05. The van der Waals surface area contributed by atoms with Crippen molar-refractivity contribution in [2.45, 2.75) is 12.3 Å². The fraction of sp³-hybridized carbons (Fsp3) is 0.222. The number of ether oxygens (including phenoxy) is 1. The highest BCUT2D eigenvalue weighted by Gasteiger charge is 2.27. The van der Waals surface area contributed by atoms with Crippen LogP contribution in [0.2, 0.25) is 0 Å². The van der Waals surface area contributed by atoms with E-state index in [1.807, 2.05) is 0 Å². The van der Waals surface area contributed by atoms with E-state index in [0.29, 0.717) is 12.5 Å². The lowest BCUT2D eigenvalue weighted by Gasteiger charge is -2.35. The minimum absolute atomic E-state index is 0.388. The average molecular weight is 265 g/mol. The van der Waals surface area contributed by atoms with Crippen LogP contribution in [0.1, 0.15) is 23.5 Å². The molecular weight excluding hydrogens is 246 g/mol. The van der Waals surface area contributed by atoms with Crippen molar-refractivity contribution >= 4 is 11.4 Å². The summed E-state index contributed by atoms with van der Waals surface area (Å²) < 4.78 is 5.34. The first-order chi connectivity index (χ1) is 9.83. The maximum atomic E-state index is 5.34. The lowest BCUT2D eigenvalue weighted by molar-refractivity contribution is 0.240. The van der Waals surface area contributed by atoms with E-state index in [9.17, 15) is 0 Å². The quantitative estimate of drug-likeness (QED) is 0.598. The van der Waals surface area contributed by atoms with E-state index >= 15 is 0 Å². The average Bonchev–Trinajstić information content (AvgIpc) is 2.51. The molecule has 0 saturated heterocycles. The van der Waals surface area contributed by atoms with E-state index in [-0.39, 0.29) is 0 Å². The van der Waals surface area contributed by atoms with Gasteiger partial charge in [-0.1, -0.05) is 43.0 Å². The monoisotopic (exact) mass is 265 g/mol. The Bertz CT molecular complexity index is 573. The van der Waals surface area contributed by atoms with E-state index < -0.39 is 0 Å². The fourth-order valence-corrected chi connectivity index (χ4v) is 3.05. The molecule has 0 saturated carbocycles. The third-order valence-electron chi connectivity index (χ3n) is 3.99. The molecule has 1 aliphatic heterocycles. The van der Waals surface area contributed by atoms with Gasteiger partial charge in [0.1, 0.15) is 0 Å². The summed E-state index contributed by atoms with van der Waals surface area (Å²) in [7, 11) is 2.13. The second-order valence-corrected chi connectivity index (χ2v) is 5.06. The number of para-hydroxylation sites is 2. The van der Waals surface area contributed by atoms with Crippen molar-refractivity contribution in [1.29, 1.82) is 0 Å². The molecule has 2 nitrogen and oxygen atoms in total. The number of hydrogen-bond donors (Lipinski definition) is 0. The van der Waals surface area contributed by atoms with Crippen molar-refractivity contribution in [3.05, 3.63) is 72.5 Å². The van der Waals surface area contributed by atoms with Crippen LogP contribution in [0.4, 0.5) is 11.4 Å². The molecule has 3 rings (SSSR count). The van der Waals surface area contributed by atoms with Crippen LogP contribution in [-0.2, 0) is 4.74 Å². The second-order valence-electron chi connectivity index (χ2n) is 5.06. The molecule has 2 aromatic rings. The summed E-state index contributed by atoms with van der Waals surface area (Å²) in [6.45, 7) is 4.31. The lowest BCUT2D eigenvalue weighted by atomic mass is 9.83. The van der Waals surface area contributed by atoms with Crippen molar-refractivity contribution in [2.75, 3.05) is 18.6 Å². The molecule has 2 aromatic carbocycles. The highest BCUT2D eigenvalue weighted by Crippen LogP contribution is 2.45. The van der Waals surface area contributed by atoms with Gasteiger partial charge in [-0.3, -0.25) is 0 Å². The van der Waals surface area contributed by atoms with Crippen molar-refractivity contribution in [2.24, 2.45) is 0 Å². The van der Waals surface area contributed by atoms with Crippen LogP contribution < -0.4 is 4.90 Å². The van der Waals surface area contributed by atoms with Gasteiger partial charge in [-0.2, -0.15) is 0 Å². The first-order valence-electron chi connectivity index (χ1n) is 6.97. The zero-order chi connectivity index (χ0) is 13.9. The minimum Gasteiger partial charge on any atom is -0.502 e. The van der Waals surface area contributed by atoms with Crippen molar-refractivity contribution in [1.82, 2.24) is 0 Å². The van der Waals surface area contributed by atoms with Crippen LogP contribution in [0.3, 0.4) is 0 Å². The molecule has 0 radical (unpaired) electrons. The fourth-order valence-electron chi connectivity index (χ4n) is 3.05. The molecule has 0 N–H and O–H groups in total. The molecule has 0 bridgehead atoms. The molecular formula is C18H19NO. The first-order valence-corrected chi connectivity index (χ1v) is 6.97. The van der Waals surface area contributed by atoms with Gasteiger partial charge in [0.2, 0.25) is 0 Å². The number of anilines is 2. The summed E-state index contributed by atoms with van der Waals surface area (Å²) in [5.41, 5.74) is 5.33. The zero-order valence-electron chi connectivity index (χ0n) is 11.8. The third kappa shape index (κ3) is 2.07. The topological polar surface area (TPSA) is 12.5 Å². The van der Waals surface area contributed by atoms with E-state index in [0.717, 1.165) is 6.42 Å². The molecule has 0 spiro atoms. The van der Waals surface area contributed by atoms with Gasteiger partial charge in [0.15, 0.2) is 0 Å². The van der Waals surface area contributed by atoms with Crippen LogP contribution in [0.5, 0.6) is 0 Å². The number of rotatable bonds is 4. The minimum atomic E-state index is 0.388. The van der Waals surface area contributed by atoms with Crippen LogP contribution in [-0.4, -0.2) is 13.7 Å². The Kier molecular flexibility index (Phi) is 3.46. The maximum Gasteiger partial charge on any atom is 0.0882 e. The maximum absolute atomic E-state index is 5.34. The Morgan fingerprint density at radius 1 is 1.05 bits per heavy atom. The summed E-state index contributed by atoms with van der Waals surface area (Å²) in [6.07, 6.45) is 2.49. The molecule has 0 fully saturated rings. The van der Waals surface area contributed by atoms with E-state index in [1.54, 1.807) is 0 Å². The van der Waals surface area contributed by atoms with Crippen molar-refractivity contribution in [3.8, 4) is 0 Å². The largest absolute Gasteiger partial charge is 0.502 e. The Morgan fingerprint density at radius 2 is 1.60 bits per heavy atom. The number of hydrogen-bond acceptors (Lipinski definition) is 2. The van der Waals surface area contributed by atoms with Gasteiger partial charge in [-0.05, 0) is 29.7 Å². The summed E-state index contributed by atoms with van der Waals surface area (Å²) >= 11 is 0. The lowest BCUT2D eigenvalue weighted by Crippen LogP contribution is -2.22. The number of benzene rings is 2. The van der Waals surface area contributed by atoms with Gasteiger partial charge in [0, 0.05) is 24.3 Å². The molecule has 0 aromatic heterocycles. The van der Waals surface area contributed by atoms with Gasteiger partial charge in [0.05, 0.1) is 12.9 Å². The summed E-state index contributed by atoms with van der Waals surface area (Å²) in [5, 5.41) is 0. The molecule has 0 aliphatic carbocycles. The van der Waals surface area contributed by atoms with Crippen LogP contribution in [0.25, 0.3) is 0 Å². The Morgan fingerprint density at radius 3 is 2.15 bits per heavy atom. The SMILES string of the molecule is C=COCCC1c2ccccc2N(C)c2ccccc21. The number of fused-ring (bicyclic) bond motifs is 2. The van der Waals surface area contributed by atoms with E-state index in [4.69, 9.17) is 4.74 Å². The van der Waals surface area contributed by atoms with Gasteiger partial charge in [-0.25, -0.2) is 0 Å². The van der Waals surface area contributed by atoms with Gasteiger partial charge < -0.3 is 9.64 Å². The van der Waals surface area contributed by atoms with E-state index in [1.165, 1.54) is 28.8 Å². The number of nitrogens with zero attached hydrogens (tertiary/aromatic N) is 1. The zero-order valence-corrected chi connectivity index (χ0v) is 11.8. The summed E-state index contributed by atoms with van der Waals surface area (Å²) in [6, 6.07) is 17.2.